The molecule has 1 heterocycles. The smallest absolute Gasteiger partial charge is 0.405 e. The van der Waals surface area contributed by atoms with Crippen LogP contribution in [0.3, 0.4) is 0 Å². The van der Waals surface area contributed by atoms with Crippen LogP contribution in [0.5, 0.6) is 0 Å². The van der Waals surface area contributed by atoms with Gasteiger partial charge in [0, 0.05) is 5.82 Å². The Morgan fingerprint density at radius 3 is 1.68 bits per heavy atom. The van der Waals surface area contributed by atoms with E-state index in [0.717, 1.165) is 11.8 Å². The molecule has 3 heteroatoms. The highest BCUT2D eigenvalue weighted by Gasteiger charge is 2.48. The molecule has 1 unspecified atom stereocenters. The summed E-state index contributed by atoms with van der Waals surface area (Å²) in [6.07, 6.45) is 18.8. The molecule has 0 aromatic heterocycles. The van der Waals surface area contributed by atoms with Gasteiger partial charge < -0.3 is 9.31 Å². The lowest BCUT2D eigenvalue weighted by Gasteiger charge is -2.35. The first-order chi connectivity index (χ1) is 10.8. The van der Waals surface area contributed by atoms with Crippen LogP contribution in [0.1, 0.15) is 78.1 Å². The molecule has 0 aromatic carbocycles. The highest BCUT2D eigenvalue weighted by Crippen LogP contribution is 2.42. The van der Waals surface area contributed by atoms with Gasteiger partial charge in [-0.1, -0.05) is 57.6 Å². The maximum atomic E-state index is 6.51. The van der Waals surface area contributed by atoms with E-state index in [1.165, 1.54) is 64.2 Å². The summed E-state index contributed by atoms with van der Waals surface area (Å²) in [5.41, 5.74) is 0. The maximum absolute atomic E-state index is 6.51. The van der Waals surface area contributed by atoms with Gasteiger partial charge in [0.05, 0.1) is 12.2 Å². The van der Waals surface area contributed by atoms with Crippen LogP contribution in [0.2, 0.25) is 5.82 Å². The quantitative estimate of drug-likeness (QED) is 0.512. The van der Waals surface area contributed by atoms with Crippen molar-refractivity contribution >= 4 is 7.12 Å². The van der Waals surface area contributed by atoms with E-state index in [1.54, 1.807) is 0 Å². The third-order valence-electron chi connectivity index (χ3n) is 6.06. The molecule has 0 amide bonds. The molecule has 0 spiro atoms. The van der Waals surface area contributed by atoms with Crippen LogP contribution in [0.15, 0.2) is 12.2 Å². The monoisotopic (exact) mass is 304 g/mol. The van der Waals surface area contributed by atoms with Gasteiger partial charge in [-0.3, -0.25) is 0 Å². The standard InChI is InChI=1S/C19H33BO2/c1-3-10-15(2)20-21-18(16-11-6-4-7-12-16)19(22-20)17-13-8-5-9-14-17/h3,10,15-19H,4-9,11-14H2,1-2H3/b10-3-/t15?,18-,19-/m1/s1. The summed E-state index contributed by atoms with van der Waals surface area (Å²) in [6.45, 7) is 4.31. The third-order valence-corrected chi connectivity index (χ3v) is 6.06. The van der Waals surface area contributed by atoms with Crippen molar-refractivity contribution in [2.45, 2.75) is 96.1 Å². The summed E-state index contributed by atoms with van der Waals surface area (Å²) in [7, 11) is -0.0185. The molecule has 2 nitrogen and oxygen atoms in total. The molecular formula is C19H33BO2. The Balaban J connectivity index is 1.70. The summed E-state index contributed by atoms with van der Waals surface area (Å²) in [5, 5.41) is 0. The summed E-state index contributed by atoms with van der Waals surface area (Å²) in [6, 6.07) is 0. The summed E-state index contributed by atoms with van der Waals surface area (Å²) >= 11 is 0. The van der Waals surface area contributed by atoms with Crippen LogP contribution in [0.25, 0.3) is 0 Å². The first-order valence-electron chi connectivity index (χ1n) is 9.73. The Bertz CT molecular complexity index is 332. The molecule has 0 aromatic rings. The van der Waals surface area contributed by atoms with Crippen molar-refractivity contribution in [3.8, 4) is 0 Å². The zero-order chi connectivity index (χ0) is 15.4. The van der Waals surface area contributed by atoms with Gasteiger partial charge in [-0.2, -0.15) is 0 Å². The van der Waals surface area contributed by atoms with Gasteiger partial charge in [0.25, 0.3) is 0 Å². The van der Waals surface area contributed by atoms with E-state index in [9.17, 15) is 0 Å². The van der Waals surface area contributed by atoms with Gasteiger partial charge in [-0.15, -0.1) is 0 Å². The SMILES string of the molecule is C/C=C\C(C)B1O[C@H](C2CCCCC2)[C@@H](C2CCCCC2)O1. The summed E-state index contributed by atoms with van der Waals surface area (Å²) < 4.78 is 13.0. The van der Waals surface area contributed by atoms with E-state index < -0.39 is 0 Å². The lowest BCUT2D eigenvalue weighted by atomic mass is 9.73. The zero-order valence-electron chi connectivity index (χ0n) is 14.5. The van der Waals surface area contributed by atoms with Crippen molar-refractivity contribution in [3.05, 3.63) is 12.2 Å². The largest absolute Gasteiger partial charge is 0.464 e. The first-order valence-corrected chi connectivity index (χ1v) is 9.73. The van der Waals surface area contributed by atoms with Crippen LogP contribution in [-0.4, -0.2) is 19.3 Å². The number of allylic oxidation sites excluding steroid dienone is 2. The van der Waals surface area contributed by atoms with Crippen LogP contribution in [-0.2, 0) is 9.31 Å². The van der Waals surface area contributed by atoms with Gasteiger partial charge >= 0.3 is 7.12 Å². The Hall–Kier alpha value is -0.275. The molecule has 3 fully saturated rings. The molecule has 3 rings (SSSR count). The Kier molecular flexibility index (Phi) is 6.04. The van der Waals surface area contributed by atoms with Crippen molar-refractivity contribution in [1.82, 2.24) is 0 Å². The number of rotatable bonds is 4. The van der Waals surface area contributed by atoms with Gasteiger partial charge in [0.1, 0.15) is 0 Å². The molecule has 124 valence electrons. The van der Waals surface area contributed by atoms with E-state index >= 15 is 0 Å². The fourth-order valence-electron chi connectivity index (χ4n) is 4.82. The molecule has 0 radical (unpaired) electrons. The highest BCUT2D eigenvalue weighted by atomic mass is 16.7. The van der Waals surface area contributed by atoms with E-state index in [4.69, 9.17) is 9.31 Å². The minimum Gasteiger partial charge on any atom is -0.405 e. The van der Waals surface area contributed by atoms with E-state index in [-0.39, 0.29) is 7.12 Å². The molecule has 0 N–H and O–H groups in total. The van der Waals surface area contributed by atoms with Crippen LogP contribution in [0.4, 0.5) is 0 Å². The van der Waals surface area contributed by atoms with E-state index in [1.807, 2.05) is 0 Å². The molecule has 2 saturated carbocycles. The van der Waals surface area contributed by atoms with Crippen molar-refractivity contribution in [3.63, 3.8) is 0 Å². The van der Waals surface area contributed by atoms with E-state index in [0.29, 0.717) is 18.0 Å². The first kappa shape index (κ1) is 16.6. The second-order valence-electron chi connectivity index (χ2n) is 7.75. The second-order valence-corrected chi connectivity index (χ2v) is 7.75. The van der Waals surface area contributed by atoms with Crippen LogP contribution >= 0.6 is 0 Å². The molecule has 3 aliphatic rings. The maximum Gasteiger partial charge on any atom is 0.464 e. The topological polar surface area (TPSA) is 18.5 Å². The number of hydrogen-bond donors (Lipinski definition) is 0. The molecule has 3 atom stereocenters. The lowest BCUT2D eigenvalue weighted by Crippen LogP contribution is -2.38. The average Bonchev–Trinajstić information content (AvgIpc) is 3.02. The molecule has 1 saturated heterocycles. The third kappa shape index (κ3) is 3.79. The Morgan fingerprint density at radius 2 is 1.27 bits per heavy atom. The molecule has 22 heavy (non-hydrogen) atoms. The van der Waals surface area contributed by atoms with E-state index in [2.05, 4.69) is 26.0 Å². The predicted octanol–water partition coefficient (Wildman–Crippen LogP) is 5.39. The Morgan fingerprint density at radius 1 is 0.818 bits per heavy atom. The van der Waals surface area contributed by atoms with Gasteiger partial charge in [-0.05, 0) is 44.4 Å². The normalized spacial score (nSPS) is 33.6. The average molecular weight is 304 g/mol. The van der Waals surface area contributed by atoms with Crippen molar-refractivity contribution < 1.29 is 9.31 Å². The lowest BCUT2D eigenvalue weighted by molar-refractivity contribution is 0.0324. The second kappa shape index (κ2) is 8.01. The highest BCUT2D eigenvalue weighted by molar-refractivity contribution is 6.47. The minimum absolute atomic E-state index is 0.0185. The van der Waals surface area contributed by atoms with Crippen LogP contribution < -0.4 is 0 Å². The number of hydrogen-bond acceptors (Lipinski definition) is 2. The van der Waals surface area contributed by atoms with Crippen molar-refractivity contribution in [2.75, 3.05) is 0 Å². The van der Waals surface area contributed by atoms with Crippen molar-refractivity contribution in [1.29, 1.82) is 0 Å². The molecule has 2 aliphatic carbocycles. The van der Waals surface area contributed by atoms with Crippen LogP contribution in [0, 0.1) is 11.8 Å². The zero-order valence-corrected chi connectivity index (χ0v) is 14.5. The Labute approximate surface area is 137 Å². The minimum atomic E-state index is -0.0185. The van der Waals surface area contributed by atoms with Gasteiger partial charge in [0.2, 0.25) is 0 Å². The fraction of sp³-hybridized carbons (Fsp3) is 0.895. The van der Waals surface area contributed by atoms with Gasteiger partial charge in [-0.25, -0.2) is 0 Å². The summed E-state index contributed by atoms with van der Waals surface area (Å²) in [5.74, 6) is 1.84. The van der Waals surface area contributed by atoms with Crippen molar-refractivity contribution in [2.24, 2.45) is 11.8 Å². The molecular weight excluding hydrogens is 271 g/mol. The predicted molar refractivity (Wildman–Crippen MR) is 92.9 cm³/mol. The van der Waals surface area contributed by atoms with Gasteiger partial charge in [0.15, 0.2) is 0 Å². The molecule has 0 bridgehead atoms. The fourth-order valence-corrected chi connectivity index (χ4v) is 4.82. The molecule has 1 aliphatic heterocycles. The summed E-state index contributed by atoms with van der Waals surface area (Å²) in [4.78, 5) is 0.